The lowest BCUT2D eigenvalue weighted by molar-refractivity contribution is -0.123. The van der Waals surface area contributed by atoms with Gasteiger partial charge in [-0.25, -0.2) is 0 Å². The van der Waals surface area contributed by atoms with E-state index in [-0.39, 0.29) is 30.3 Å². The average molecular weight is 427 g/mol. The van der Waals surface area contributed by atoms with Crippen molar-refractivity contribution < 1.29 is 9.59 Å². The first-order chi connectivity index (χ1) is 13.9. The van der Waals surface area contributed by atoms with Crippen molar-refractivity contribution in [2.45, 2.75) is 45.2 Å². The van der Waals surface area contributed by atoms with Crippen molar-refractivity contribution in [2.75, 3.05) is 0 Å². The molecule has 6 heteroatoms. The quantitative estimate of drug-likeness (QED) is 0.506. The molecule has 1 aromatic carbocycles. The zero-order valence-electron chi connectivity index (χ0n) is 16.8. The predicted molar refractivity (Wildman–Crippen MR) is 120 cm³/mol. The largest absolute Gasteiger partial charge is 0.348 e. The van der Waals surface area contributed by atoms with Gasteiger partial charge in [0.25, 0.3) is 0 Å². The van der Waals surface area contributed by atoms with Crippen molar-refractivity contribution >= 4 is 34.5 Å². The van der Waals surface area contributed by atoms with Gasteiger partial charge in [0.05, 0.1) is 18.5 Å². The maximum Gasteiger partial charge on any atom is 0.223 e. The van der Waals surface area contributed by atoms with Gasteiger partial charge in [0.1, 0.15) is 0 Å². The lowest BCUT2D eigenvalue weighted by Gasteiger charge is -2.21. The molecule has 2 N–H and O–H groups in total. The number of hydrogen-bond acceptors (Lipinski definition) is 4. The van der Waals surface area contributed by atoms with E-state index in [2.05, 4.69) is 48.7 Å². The fourth-order valence-corrected chi connectivity index (χ4v) is 4.79. The fourth-order valence-electron chi connectivity index (χ4n) is 3.21. The van der Waals surface area contributed by atoms with Gasteiger partial charge in [-0.1, -0.05) is 50.2 Å². The minimum absolute atomic E-state index is 0.0940. The van der Waals surface area contributed by atoms with Gasteiger partial charge in [0.15, 0.2) is 0 Å². The van der Waals surface area contributed by atoms with Crippen molar-refractivity contribution in [3.63, 3.8) is 0 Å². The molecule has 3 aromatic rings. The summed E-state index contributed by atoms with van der Waals surface area (Å²) in [7, 11) is 0. The van der Waals surface area contributed by atoms with Crippen LogP contribution in [-0.4, -0.2) is 11.8 Å². The number of benzene rings is 1. The molecule has 0 bridgehead atoms. The van der Waals surface area contributed by atoms with E-state index in [0.717, 1.165) is 15.3 Å². The third-order valence-electron chi connectivity index (χ3n) is 4.72. The third kappa shape index (κ3) is 5.78. The first kappa shape index (κ1) is 21.3. The van der Waals surface area contributed by atoms with E-state index in [1.54, 1.807) is 11.3 Å². The average Bonchev–Trinajstić information content (AvgIpc) is 3.39. The molecule has 0 spiro atoms. The Bertz CT molecular complexity index is 916. The maximum absolute atomic E-state index is 12.9. The van der Waals surface area contributed by atoms with Gasteiger partial charge in [-0.3, -0.25) is 9.59 Å². The molecule has 4 nitrogen and oxygen atoms in total. The van der Waals surface area contributed by atoms with Crippen molar-refractivity contribution in [3.05, 3.63) is 80.2 Å². The molecule has 0 saturated carbocycles. The highest BCUT2D eigenvalue weighted by Gasteiger charge is 2.22. The van der Waals surface area contributed by atoms with Crippen LogP contribution in [0.2, 0.25) is 0 Å². The number of amides is 2. The maximum atomic E-state index is 12.9. The lowest BCUT2D eigenvalue weighted by Crippen LogP contribution is -2.34. The zero-order chi connectivity index (χ0) is 20.8. The van der Waals surface area contributed by atoms with E-state index in [4.69, 9.17) is 0 Å². The summed E-state index contributed by atoms with van der Waals surface area (Å²) in [4.78, 5) is 26.6. The molecule has 152 valence electrons. The normalized spacial score (nSPS) is 13.1. The number of nitrogens with one attached hydrogen (secondary N) is 2. The minimum atomic E-state index is -0.320. The van der Waals surface area contributed by atoms with E-state index in [1.165, 1.54) is 23.8 Å². The van der Waals surface area contributed by atoms with E-state index in [9.17, 15) is 9.59 Å². The Morgan fingerprint density at radius 2 is 1.45 bits per heavy atom. The Kier molecular flexibility index (Phi) is 7.23. The molecule has 2 aromatic heterocycles. The van der Waals surface area contributed by atoms with Crippen molar-refractivity contribution in [1.82, 2.24) is 10.6 Å². The summed E-state index contributed by atoms with van der Waals surface area (Å²) in [5.41, 5.74) is 2.32. The van der Waals surface area contributed by atoms with E-state index in [0.29, 0.717) is 5.92 Å². The first-order valence-electron chi connectivity index (χ1n) is 9.67. The fraction of sp³-hybridized carbons (Fsp3) is 0.304. The van der Waals surface area contributed by atoms with E-state index >= 15 is 0 Å². The van der Waals surface area contributed by atoms with Gasteiger partial charge in [0, 0.05) is 16.7 Å². The van der Waals surface area contributed by atoms with Crippen LogP contribution in [0.5, 0.6) is 0 Å². The van der Waals surface area contributed by atoms with E-state index < -0.39 is 0 Å². The third-order valence-corrected chi connectivity index (χ3v) is 6.65. The van der Waals surface area contributed by atoms with Gasteiger partial charge in [-0.2, -0.15) is 0 Å². The van der Waals surface area contributed by atoms with Crippen molar-refractivity contribution in [3.8, 4) is 0 Å². The Morgan fingerprint density at radius 1 is 0.862 bits per heavy atom. The first-order valence-corrected chi connectivity index (χ1v) is 11.4. The Labute approximate surface area is 180 Å². The molecule has 0 fully saturated rings. The second-order valence-corrected chi connectivity index (χ2v) is 9.27. The summed E-state index contributed by atoms with van der Waals surface area (Å²) in [6.07, 6.45) is 0.200. The molecular weight excluding hydrogens is 400 g/mol. The van der Waals surface area contributed by atoms with Crippen LogP contribution < -0.4 is 10.6 Å². The minimum Gasteiger partial charge on any atom is -0.348 e. The number of carbonyl (C=O) groups is 2. The molecule has 0 saturated heterocycles. The highest BCUT2D eigenvalue weighted by Crippen LogP contribution is 2.29. The van der Waals surface area contributed by atoms with Crippen LogP contribution >= 0.6 is 22.7 Å². The summed E-state index contributed by atoms with van der Waals surface area (Å²) >= 11 is 3.16. The number of rotatable bonds is 8. The SMILES string of the molecule is CC(=O)N[C@@H](CC(=O)N[C@@H](c1ccc(C(C)C)cc1)c1cccs1)c1cccs1. The van der Waals surface area contributed by atoms with E-state index in [1.807, 2.05) is 35.0 Å². The topological polar surface area (TPSA) is 58.2 Å². The zero-order valence-corrected chi connectivity index (χ0v) is 18.5. The molecule has 0 unspecified atom stereocenters. The van der Waals surface area contributed by atoms with Gasteiger partial charge < -0.3 is 10.6 Å². The van der Waals surface area contributed by atoms with Crippen LogP contribution in [0.4, 0.5) is 0 Å². The summed E-state index contributed by atoms with van der Waals surface area (Å²) in [6, 6.07) is 15.8. The molecule has 29 heavy (non-hydrogen) atoms. The van der Waals surface area contributed by atoms with Gasteiger partial charge >= 0.3 is 0 Å². The molecule has 3 rings (SSSR count). The predicted octanol–water partition coefficient (Wildman–Crippen LogP) is 5.41. The molecule has 0 aliphatic carbocycles. The van der Waals surface area contributed by atoms with Gasteiger partial charge in [-0.15, -0.1) is 22.7 Å². The van der Waals surface area contributed by atoms with Crippen LogP contribution in [-0.2, 0) is 9.59 Å². The molecule has 2 heterocycles. The Hall–Kier alpha value is -2.44. The van der Waals surface area contributed by atoms with Crippen LogP contribution in [0.25, 0.3) is 0 Å². The number of carbonyl (C=O) groups excluding carboxylic acids is 2. The summed E-state index contributed by atoms with van der Waals surface area (Å²) in [5.74, 6) is 0.224. The smallest absolute Gasteiger partial charge is 0.223 e. The van der Waals surface area contributed by atoms with Gasteiger partial charge in [0.2, 0.25) is 11.8 Å². The Morgan fingerprint density at radius 3 is 1.97 bits per heavy atom. The Balaban J connectivity index is 1.78. The van der Waals surface area contributed by atoms with Crippen LogP contribution in [0.15, 0.2) is 59.3 Å². The highest BCUT2D eigenvalue weighted by molar-refractivity contribution is 7.10. The number of thiophene rings is 2. The molecule has 2 amide bonds. The highest BCUT2D eigenvalue weighted by atomic mass is 32.1. The van der Waals surface area contributed by atoms with Crippen molar-refractivity contribution in [1.29, 1.82) is 0 Å². The number of hydrogen-bond donors (Lipinski definition) is 2. The van der Waals surface area contributed by atoms with Crippen LogP contribution in [0.1, 0.15) is 66.1 Å². The monoisotopic (exact) mass is 426 g/mol. The summed E-state index contributed by atoms with van der Waals surface area (Å²) in [6.45, 7) is 5.81. The summed E-state index contributed by atoms with van der Waals surface area (Å²) in [5, 5.41) is 10.0. The second kappa shape index (κ2) is 9.85. The van der Waals surface area contributed by atoms with Crippen LogP contribution in [0, 0.1) is 0 Å². The molecule has 2 atom stereocenters. The van der Waals surface area contributed by atoms with Crippen molar-refractivity contribution in [2.24, 2.45) is 0 Å². The van der Waals surface area contributed by atoms with Crippen LogP contribution in [0.3, 0.4) is 0 Å². The molecule has 0 aliphatic heterocycles. The molecule has 0 radical (unpaired) electrons. The van der Waals surface area contributed by atoms with Gasteiger partial charge in [-0.05, 0) is 39.9 Å². The standard InChI is InChI=1S/C23H26N2O2S2/c1-15(2)17-8-10-18(11-9-17)23(21-7-5-13-29-21)25-22(27)14-19(24-16(3)26)20-6-4-12-28-20/h4-13,15,19,23H,14H2,1-3H3,(H,24,26)(H,25,27)/t19-,23-/m0/s1. The molecular formula is C23H26N2O2S2. The molecule has 0 aliphatic rings. The lowest BCUT2D eigenvalue weighted by atomic mass is 9.98. The summed E-state index contributed by atoms with van der Waals surface area (Å²) < 4.78 is 0. The second-order valence-electron chi connectivity index (χ2n) is 7.31.